The maximum atomic E-state index is 11.8. The first-order valence-electron chi connectivity index (χ1n) is 6.16. The van der Waals surface area contributed by atoms with Gasteiger partial charge in [0.25, 0.3) is 0 Å². The minimum absolute atomic E-state index is 0.000642. The lowest BCUT2D eigenvalue weighted by molar-refractivity contribution is 0.0698. The van der Waals surface area contributed by atoms with E-state index in [0.717, 1.165) is 0 Å². The van der Waals surface area contributed by atoms with Gasteiger partial charge in [-0.1, -0.05) is 12.1 Å². The molecule has 1 heterocycles. The topological polar surface area (TPSA) is 119 Å². The lowest BCUT2D eigenvalue weighted by Gasteiger charge is -2.13. The second kappa shape index (κ2) is 5.97. The number of hydrogen-bond donors (Lipinski definition) is 2. The average Bonchev–Trinajstić information content (AvgIpc) is 2.47. The highest BCUT2D eigenvalue weighted by atomic mass is 16.4. The molecule has 0 aliphatic carbocycles. The van der Waals surface area contributed by atoms with Gasteiger partial charge in [0.15, 0.2) is 11.4 Å². The molecule has 0 saturated carbocycles. The molecule has 1 aromatic heterocycles. The summed E-state index contributed by atoms with van der Waals surface area (Å²) in [5.74, 6) is -1.20. The van der Waals surface area contributed by atoms with Crippen molar-refractivity contribution in [2.45, 2.75) is 0 Å². The van der Waals surface area contributed by atoms with Crippen LogP contribution in [0.25, 0.3) is 0 Å². The minimum atomic E-state index is -1.14. The van der Waals surface area contributed by atoms with Crippen molar-refractivity contribution in [1.29, 1.82) is 5.26 Å². The number of aromatic nitrogens is 1. The fraction of sp³-hybridized carbons (Fsp3) is 0.143. The molecule has 0 atom stereocenters. The van der Waals surface area contributed by atoms with Crippen LogP contribution < -0.4 is 15.8 Å². The summed E-state index contributed by atoms with van der Waals surface area (Å²) in [5.41, 5.74) is -0.968. The number of benzene rings is 1. The van der Waals surface area contributed by atoms with Crippen LogP contribution in [0.2, 0.25) is 0 Å². The molecule has 0 bridgehead atoms. The summed E-state index contributed by atoms with van der Waals surface area (Å²) in [4.78, 5) is 28.5. The Balaban J connectivity index is 2.57. The molecule has 0 fully saturated rings. The van der Waals surface area contributed by atoms with Gasteiger partial charge in [-0.25, -0.2) is 9.59 Å². The first-order chi connectivity index (χ1) is 10.4. The Labute approximate surface area is 125 Å². The molecule has 0 aliphatic rings. The monoisotopic (exact) mass is 300 g/mol. The lowest BCUT2D eigenvalue weighted by atomic mass is 10.1. The summed E-state index contributed by atoms with van der Waals surface area (Å²) in [6.45, 7) is 0. The third-order valence-electron chi connectivity index (χ3n) is 2.74. The summed E-state index contributed by atoms with van der Waals surface area (Å²) in [6.07, 6.45) is 0. The molecule has 22 heavy (non-hydrogen) atoms. The van der Waals surface area contributed by atoms with Crippen LogP contribution in [0.5, 0.6) is 0 Å². The minimum Gasteiger partial charge on any atom is -0.478 e. The van der Waals surface area contributed by atoms with Gasteiger partial charge in [0.1, 0.15) is 6.07 Å². The van der Waals surface area contributed by atoms with Crippen LogP contribution in [0.15, 0.2) is 33.5 Å². The predicted molar refractivity (Wildman–Crippen MR) is 78.5 cm³/mol. The van der Waals surface area contributed by atoms with E-state index in [9.17, 15) is 9.59 Å². The number of nitrogens with one attached hydrogen (secondary N) is 1. The Hall–Kier alpha value is -3.34. The van der Waals surface area contributed by atoms with Gasteiger partial charge in [0.05, 0.1) is 11.3 Å². The third-order valence-corrected chi connectivity index (χ3v) is 2.74. The maximum Gasteiger partial charge on any atom is 0.360 e. The van der Waals surface area contributed by atoms with Gasteiger partial charge in [-0.15, -0.1) is 0 Å². The Morgan fingerprint density at radius 3 is 2.68 bits per heavy atom. The van der Waals surface area contributed by atoms with Gasteiger partial charge >= 0.3 is 17.6 Å². The number of hydrogen-bond acceptors (Lipinski definition) is 7. The molecule has 112 valence electrons. The van der Waals surface area contributed by atoms with E-state index in [2.05, 4.69) is 10.3 Å². The highest BCUT2D eigenvalue weighted by Crippen LogP contribution is 2.22. The van der Waals surface area contributed by atoms with E-state index in [1.165, 1.54) is 17.0 Å². The van der Waals surface area contributed by atoms with Crippen LogP contribution >= 0.6 is 0 Å². The third kappa shape index (κ3) is 2.88. The number of para-hydroxylation sites is 1. The van der Waals surface area contributed by atoms with Crippen molar-refractivity contribution >= 4 is 23.5 Å². The summed E-state index contributed by atoms with van der Waals surface area (Å²) in [6, 6.07) is 7.80. The number of carbonyl (C=O) groups is 1. The SMILES string of the molecule is CN(C)c1nc(Nc2ccccc2C(=O)O)c(C#N)c(=O)o1. The quantitative estimate of drug-likeness (QED) is 0.869. The molecule has 0 saturated heterocycles. The number of nitriles is 1. The second-order valence-corrected chi connectivity index (χ2v) is 4.49. The Morgan fingerprint density at radius 1 is 1.41 bits per heavy atom. The molecular weight excluding hydrogens is 288 g/mol. The smallest absolute Gasteiger partial charge is 0.360 e. The fourth-order valence-electron chi connectivity index (χ4n) is 1.69. The van der Waals surface area contributed by atoms with Crippen molar-refractivity contribution in [2.75, 3.05) is 24.3 Å². The van der Waals surface area contributed by atoms with Gasteiger partial charge < -0.3 is 19.7 Å². The van der Waals surface area contributed by atoms with Gasteiger partial charge in [0.2, 0.25) is 0 Å². The van der Waals surface area contributed by atoms with Crippen LogP contribution in [0.4, 0.5) is 17.5 Å². The van der Waals surface area contributed by atoms with Crippen LogP contribution in [0.3, 0.4) is 0 Å². The summed E-state index contributed by atoms with van der Waals surface area (Å²) >= 11 is 0. The van der Waals surface area contributed by atoms with Crippen molar-refractivity contribution < 1.29 is 14.3 Å². The van der Waals surface area contributed by atoms with E-state index in [4.69, 9.17) is 14.8 Å². The lowest BCUT2D eigenvalue weighted by Crippen LogP contribution is -2.18. The molecule has 0 unspecified atom stereocenters. The van der Waals surface area contributed by atoms with Gasteiger partial charge in [-0.05, 0) is 12.1 Å². The molecule has 0 radical (unpaired) electrons. The first kappa shape index (κ1) is 15.1. The molecule has 2 rings (SSSR count). The molecular formula is C14H12N4O4. The van der Waals surface area contributed by atoms with Gasteiger partial charge in [-0.2, -0.15) is 10.2 Å². The summed E-state index contributed by atoms with van der Waals surface area (Å²) < 4.78 is 4.90. The Kier molecular flexibility index (Phi) is 4.08. The zero-order valence-corrected chi connectivity index (χ0v) is 11.8. The predicted octanol–water partition coefficient (Wildman–Crippen LogP) is 1.41. The van der Waals surface area contributed by atoms with Crippen molar-refractivity contribution in [3.05, 3.63) is 45.8 Å². The van der Waals surface area contributed by atoms with Crippen LogP contribution in [-0.2, 0) is 0 Å². The zero-order chi connectivity index (χ0) is 16.3. The average molecular weight is 300 g/mol. The van der Waals surface area contributed by atoms with E-state index in [1.807, 2.05) is 0 Å². The number of carboxylic acid groups (broad SMARTS) is 1. The normalized spacial score (nSPS) is 9.86. The number of anilines is 3. The summed E-state index contributed by atoms with van der Waals surface area (Å²) in [5, 5.41) is 20.9. The highest BCUT2D eigenvalue weighted by molar-refractivity contribution is 5.95. The maximum absolute atomic E-state index is 11.8. The number of rotatable bonds is 4. The first-order valence-corrected chi connectivity index (χ1v) is 6.16. The van der Waals surface area contributed by atoms with Crippen LogP contribution in [-0.4, -0.2) is 30.2 Å². The number of carboxylic acids is 1. The van der Waals surface area contributed by atoms with Crippen molar-refractivity contribution in [2.24, 2.45) is 0 Å². The largest absolute Gasteiger partial charge is 0.478 e. The van der Waals surface area contributed by atoms with Crippen molar-refractivity contribution in [3.63, 3.8) is 0 Å². The van der Waals surface area contributed by atoms with E-state index in [-0.39, 0.29) is 28.6 Å². The van der Waals surface area contributed by atoms with Gasteiger partial charge in [0, 0.05) is 14.1 Å². The zero-order valence-electron chi connectivity index (χ0n) is 11.8. The van der Waals surface area contributed by atoms with Gasteiger partial charge in [-0.3, -0.25) is 0 Å². The Bertz CT molecular complexity index is 820. The van der Waals surface area contributed by atoms with E-state index < -0.39 is 11.6 Å². The summed E-state index contributed by atoms with van der Waals surface area (Å²) in [7, 11) is 3.23. The van der Waals surface area contributed by atoms with E-state index in [0.29, 0.717) is 0 Å². The molecule has 2 aromatic rings. The van der Waals surface area contributed by atoms with Crippen LogP contribution in [0, 0.1) is 11.3 Å². The molecule has 2 N–H and O–H groups in total. The standard InChI is InChI=1S/C14H12N4O4/c1-18(2)14-17-11(9(7-15)13(21)22-14)16-10-6-4-3-5-8(10)12(19)20/h3-6,16H,1-2H3,(H,19,20). The molecule has 1 aromatic carbocycles. The molecule has 0 spiro atoms. The fourth-order valence-corrected chi connectivity index (χ4v) is 1.69. The van der Waals surface area contributed by atoms with Crippen molar-refractivity contribution in [3.8, 4) is 6.07 Å². The van der Waals surface area contributed by atoms with E-state index in [1.54, 1.807) is 32.3 Å². The number of aromatic carboxylic acids is 1. The molecule has 8 heteroatoms. The molecule has 0 amide bonds. The van der Waals surface area contributed by atoms with Crippen molar-refractivity contribution in [1.82, 2.24) is 4.98 Å². The van der Waals surface area contributed by atoms with Crippen LogP contribution in [0.1, 0.15) is 15.9 Å². The second-order valence-electron chi connectivity index (χ2n) is 4.49. The highest BCUT2D eigenvalue weighted by Gasteiger charge is 2.17. The van der Waals surface area contributed by atoms with E-state index >= 15 is 0 Å². The number of nitrogens with zero attached hydrogens (tertiary/aromatic N) is 3. The Morgan fingerprint density at radius 2 is 2.09 bits per heavy atom. The molecule has 8 nitrogen and oxygen atoms in total. The molecule has 0 aliphatic heterocycles.